The van der Waals surface area contributed by atoms with Gasteiger partial charge in [0.1, 0.15) is 5.75 Å². The van der Waals surface area contributed by atoms with Crippen LogP contribution in [0, 0.1) is 0 Å². The molecule has 0 heterocycles. The number of nitrogens with one attached hydrogen (secondary N) is 2. The molecule has 132 valence electrons. The zero-order valence-corrected chi connectivity index (χ0v) is 14.9. The van der Waals surface area contributed by atoms with Crippen molar-refractivity contribution in [3.05, 3.63) is 63.6 Å². The van der Waals surface area contributed by atoms with Crippen LogP contribution in [0.3, 0.4) is 0 Å². The van der Waals surface area contributed by atoms with Crippen LogP contribution in [0.2, 0.25) is 10.0 Å². The van der Waals surface area contributed by atoms with Gasteiger partial charge in [-0.05, 0) is 35.9 Å². The molecule has 6 nitrogen and oxygen atoms in total. The third kappa shape index (κ3) is 5.85. The summed E-state index contributed by atoms with van der Waals surface area (Å²) >= 11 is 11.8. The number of methoxy groups -OCH3 is 1. The summed E-state index contributed by atoms with van der Waals surface area (Å²) in [6, 6.07) is 11.1. The van der Waals surface area contributed by atoms with Gasteiger partial charge in [-0.3, -0.25) is 0 Å². The normalized spacial score (nSPS) is 10.0. The molecule has 2 rings (SSSR count). The summed E-state index contributed by atoms with van der Waals surface area (Å²) in [5, 5.41) is 6.08. The van der Waals surface area contributed by atoms with Crippen LogP contribution in [-0.2, 0) is 11.3 Å². The first-order valence-electron chi connectivity index (χ1n) is 7.26. The summed E-state index contributed by atoms with van der Waals surface area (Å²) in [5.41, 5.74) is 1.29. The van der Waals surface area contributed by atoms with E-state index in [4.69, 9.17) is 27.9 Å². The molecule has 0 spiro atoms. The second kappa shape index (κ2) is 9.15. The van der Waals surface area contributed by atoms with E-state index >= 15 is 0 Å². The molecule has 0 aliphatic heterocycles. The number of urea groups is 1. The number of rotatable bonds is 6. The van der Waals surface area contributed by atoms with Crippen molar-refractivity contribution in [1.29, 1.82) is 0 Å². The van der Waals surface area contributed by atoms with Gasteiger partial charge in [0, 0.05) is 11.6 Å². The van der Waals surface area contributed by atoms with Crippen LogP contribution in [0.1, 0.15) is 15.9 Å². The van der Waals surface area contributed by atoms with Gasteiger partial charge in [-0.1, -0.05) is 35.3 Å². The molecular weight excluding hydrogens is 367 g/mol. The predicted molar refractivity (Wildman–Crippen MR) is 95.1 cm³/mol. The first kappa shape index (κ1) is 18.9. The molecule has 0 saturated heterocycles. The first-order chi connectivity index (χ1) is 12.0. The summed E-state index contributed by atoms with van der Waals surface area (Å²) in [4.78, 5) is 23.1. The maximum Gasteiger partial charge on any atom is 0.337 e. The topological polar surface area (TPSA) is 76.7 Å². The number of halogens is 2. The minimum Gasteiger partial charge on any atom is -0.472 e. The van der Waals surface area contributed by atoms with Crippen LogP contribution < -0.4 is 15.4 Å². The van der Waals surface area contributed by atoms with Gasteiger partial charge in [-0.15, -0.1) is 0 Å². The summed E-state index contributed by atoms with van der Waals surface area (Å²) in [5.74, 6) is 0.0139. The Morgan fingerprint density at radius 2 is 1.76 bits per heavy atom. The van der Waals surface area contributed by atoms with Gasteiger partial charge in [0.25, 0.3) is 0 Å². The van der Waals surface area contributed by atoms with Crippen molar-refractivity contribution in [1.82, 2.24) is 10.6 Å². The summed E-state index contributed by atoms with van der Waals surface area (Å²) < 4.78 is 9.98. The van der Waals surface area contributed by atoms with E-state index in [9.17, 15) is 9.59 Å². The van der Waals surface area contributed by atoms with Crippen molar-refractivity contribution in [3.63, 3.8) is 0 Å². The predicted octanol–water partition coefficient (Wildman–Crippen LogP) is 3.62. The standard InChI is InChI=1S/C17H16Cl2N2O4/c1-24-16(22)12-4-2-11(3-5-12)9-20-17(23)21-10-25-15-7-6-13(18)8-14(15)19/h2-8H,9-10H2,1H3,(H2,20,21,23). The fraction of sp³-hybridized carbons (Fsp3) is 0.176. The number of hydrogen-bond acceptors (Lipinski definition) is 4. The van der Waals surface area contributed by atoms with Crippen molar-refractivity contribution in [2.45, 2.75) is 6.54 Å². The molecule has 0 aromatic heterocycles. The molecule has 0 radical (unpaired) electrons. The van der Waals surface area contributed by atoms with Crippen molar-refractivity contribution in [2.75, 3.05) is 13.8 Å². The monoisotopic (exact) mass is 382 g/mol. The Kier molecular flexibility index (Phi) is 6.91. The molecule has 25 heavy (non-hydrogen) atoms. The van der Waals surface area contributed by atoms with Crippen molar-refractivity contribution in [3.8, 4) is 5.75 Å². The van der Waals surface area contributed by atoms with Crippen LogP contribution in [0.25, 0.3) is 0 Å². The minimum absolute atomic E-state index is 0.0472. The second-order valence-electron chi connectivity index (χ2n) is 4.91. The number of benzene rings is 2. The smallest absolute Gasteiger partial charge is 0.337 e. The third-order valence-electron chi connectivity index (χ3n) is 3.18. The zero-order chi connectivity index (χ0) is 18.2. The van der Waals surface area contributed by atoms with Gasteiger partial charge < -0.3 is 20.1 Å². The van der Waals surface area contributed by atoms with Crippen LogP contribution in [0.15, 0.2) is 42.5 Å². The third-order valence-corrected chi connectivity index (χ3v) is 3.71. The van der Waals surface area contributed by atoms with E-state index in [1.54, 1.807) is 42.5 Å². The first-order valence-corrected chi connectivity index (χ1v) is 8.02. The van der Waals surface area contributed by atoms with Gasteiger partial charge >= 0.3 is 12.0 Å². The Hall–Kier alpha value is -2.44. The molecule has 0 aliphatic carbocycles. The molecule has 0 unspecified atom stereocenters. The summed E-state index contributed by atoms with van der Waals surface area (Å²) in [6.45, 7) is 0.253. The number of ether oxygens (including phenoxy) is 2. The lowest BCUT2D eigenvalue weighted by atomic mass is 10.1. The number of esters is 1. The van der Waals surface area contributed by atoms with Crippen LogP contribution in [-0.4, -0.2) is 25.8 Å². The lowest BCUT2D eigenvalue weighted by Crippen LogP contribution is -2.37. The van der Waals surface area contributed by atoms with E-state index in [1.807, 2.05) is 0 Å². The molecule has 2 amide bonds. The largest absolute Gasteiger partial charge is 0.472 e. The molecule has 0 aliphatic rings. The quantitative estimate of drug-likeness (QED) is 0.590. The molecule has 2 aromatic carbocycles. The molecular formula is C17H16Cl2N2O4. The SMILES string of the molecule is COC(=O)c1ccc(CNC(=O)NCOc2ccc(Cl)cc2Cl)cc1. The number of amides is 2. The minimum atomic E-state index is -0.407. The Morgan fingerprint density at radius 1 is 1.04 bits per heavy atom. The van der Waals surface area contributed by atoms with Crippen molar-refractivity contribution in [2.24, 2.45) is 0 Å². The lowest BCUT2D eigenvalue weighted by molar-refractivity contribution is 0.0600. The molecule has 0 saturated carbocycles. The van der Waals surface area contributed by atoms with Gasteiger partial charge in [-0.2, -0.15) is 0 Å². The van der Waals surface area contributed by atoms with E-state index in [2.05, 4.69) is 15.4 Å². The van der Waals surface area contributed by atoms with E-state index in [0.29, 0.717) is 27.9 Å². The highest BCUT2D eigenvalue weighted by molar-refractivity contribution is 6.35. The highest BCUT2D eigenvalue weighted by Gasteiger charge is 2.06. The Morgan fingerprint density at radius 3 is 2.40 bits per heavy atom. The van der Waals surface area contributed by atoms with E-state index in [1.165, 1.54) is 7.11 Å². The Balaban J connectivity index is 1.74. The zero-order valence-electron chi connectivity index (χ0n) is 13.3. The Bertz CT molecular complexity index is 751. The highest BCUT2D eigenvalue weighted by atomic mass is 35.5. The summed E-state index contributed by atoms with van der Waals surface area (Å²) in [7, 11) is 1.32. The Labute approximate surface area is 155 Å². The fourth-order valence-corrected chi connectivity index (χ4v) is 2.36. The number of hydrogen-bond donors (Lipinski definition) is 2. The second-order valence-corrected chi connectivity index (χ2v) is 5.76. The number of carbonyl (C=O) groups excluding carboxylic acids is 2. The maximum atomic E-state index is 11.7. The van der Waals surface area contributed by atoms with Gasteiger partial charge in [0.05, 0.1) is 17.7 Å². The average Bonchev–Trinajstić information content (AvgIpc) is 2.61. The molecule has 8 heteroatoms. The van der Waals surface area contributed by atoms with Crippen LogP contribution in [0.5, 0.6) is 5.75 Å². The molecule has 2 aromatic rings. The summed E-state index contributed by atoms with van der Waals surface area (Å²) in [6.07, 6.45) is 0. The molecule has 2 N–H and O–H groups in total. The van der Waals surface area contributed by atoms with Crippen LogP contribution >= 0.6 is 23.2 Å². The van der Waals surface area contributed by atoms with Gasteiger partial charge in [-0.25, -0.2) is 9.59 Å². The number of carbonyl (C=O) groups is 2. The van der Waals surface area contributed by atoms with Gasteiger partial charge in [0.15, 0.2) is 6.73 Å². The van der Waals surface area contributed by atoms with E-state index in [0.717, 1.165) is 5.56 Å². The van der Waals surface area contributed by atoms with E-state index in [-0.39, 0.29) is 6.73 Å². The van der Waals surface area contributed by atoms with E-state index < -0.39 is 12.0 Å². The lowest BCUT2D eigenvalue weighted by Gasteiger charge is -2.10. The molecule has 0 fully saturated rings. The van der Waals surface area contributed by atoms with Gasteiger partial charge in [0.2, 0.25) is 0 Å². The molecule has 0 atom stereocenters. The average molecular weight is 383 g/mol. The van der Waals surface area contributed by atoms with Crippen LogP contribution in [0.4, 0.5) is 4.79 Å². The molecule has 0 bridgehead atoms. The van der Waals surface area contributed by atoms with Crippen molar-refractivity contribution >= 4 is 35.2 Å². The van der Waals surface area contributed by atoms with Crippen molar-refractivity contribution < 1.29 is 19.1 Å². The highest BCUT2D eigenvalue weighted by Crippen LogP contribution is 2.27. The maximum absolute atomic E-state index is 11.7. The fourth-order valence-electron chi connectivity index (χ4n) is 1.89.